The van der Waals surface area contributed by atoms with Crippen molar-refractivity contribution in [2.45, 2.75) is 31.2 Å². The largest absolute Gasteiger partial charge is 0.484 e. The average molecular weight is 387 g/mol. The molecule has 9 heteroatoms. The van der Waals surface area contributed by atoms with Crippen LogP contribution in [0.15, 0.2) is 42.5 Å². The van der Waals surface area contributed by atoms with Gasteiger partial charge in [0.05, 0.1) is 0 Å². The summed E-state index contributed by atoms with van der Waals surface area (Å²) in [4.78, 5) is 11.9. The number of rotatable bonds is 3. The van der Waals surface area contributed by atoms with Crippen LogP contribution in [0.4, 0.5) is 26.7 Å². The van der Waals surface area contributed by atoms with Crippen LogP contribution < -0.4 is 14.8 Å². The number of benzene rings is 2. The average Bonchev–Trinajstić information content (AvgIpc) is 2.90. The van der Waals surface area contributed by atoms with Crippen LogP contribution in [0, 0.1) is 11.6 Å². The van der Waals surface area contributed by atoms with Crippen LogP contribution in [0.1, 0.15) is 18.4 Å². The Bertz CT molecular complexity index is 841. The lowest BCUT2D eigenvalue weighted by atomic mass is 9.92. The molecule has 1 aliphatic heterocycles. The third-order valence-electron chi connectivity index (χ3n) is 4.18. The van der Waals surface area contributed by atoms with Gasteiger partial charge in [0.25, 0.3) is 0 Å². The lowest BCUT2D eigenvalue weighted by Gasteiger charge is -2.28. The third kappa shape index (κ3) is 3.96. The summed E-state index contributed by atoms with van der Waals surface area (Å²) in [5.41, 5.74) is -0.0371. The Morgan fingerprint density at radius 3 is 2.48 bits per heavy atom. The van der Waals surface area contributed by atoms with Gasteiger partial charge in [0.1, 0.15) is 17.7 Å². The summed E-state index contributed by atoms with van der Waals surface area (Å²) < 4.78 is 77.8. The van der Waals surface area contributed by atoms with Gasteiger partial charge in [0.15, 0.2) is 17.6 Å². The summed E-state index contributed by atoms with van der Waals surface area (Å²) in [7, 11) is 0. The van der Waals surface area contributed by atoms with Crippen molar-refractivity contribution < 1.29 is 36.2 Å². The quantitative estimate of drug-likeness (QED) is 0.787. The second kappa shape index (κ2) is 7.05. The number of carbonyl (C=O) groups excluding carboxylic acids is 1. The van der Waals surface area contributed by atoms with E-state index in [4.69, 9.17) is 9.47 Å². The van der Waals surface area contributed by atoms with E-state index >= 15 is 0 Å². The molecule has 0 aromatic heterocycles. The van der Waals surface area contributed by atoms with Crippen molar-refractivity contribution in [3.05, 3.63) is 59.7 Å². The van der Waals surface area contributed by atoms with Crippen molar-refractivity contribution >= 4 is 6.09 Å². The van der Waals surface area contributed by atoms with Crippen LogP contribution in [-0.2, 0) is 0 Å². The number of amides is 1. The molecule has 0 saturated heterocycles. The molecule has 27 heavy (non-hydrogen) atoms. The number of nitrogens with one attached hydrogen (secondary N) is 1. The second-order valence-electron chi connectivity index (χ2n) is 6.04. The standard InChI is InChI=1S/C18H14F5NO3/c1-9-12-7-10(19)8-13(20)15(12)27-14(9)16(18(21,22)23)24-17(25)26-11-5-3-2-4-6-11/h2-9,14,16H,1H3,(H,24,25)/t9?,14?,16-/m1/s1. The van der Waals surface area contributed by atoms with Gasteiger partial charge < -0.3 is 14.8 Å². The Morgan fingerprint density at radius 1 is 1.19 bits per heavy atom. The SMILES string of the molecule is CC1c2cc(F)cc(F)c2OC1[C@@H](NC(=O)Oc1ccccc1)C(F)(F)F. The fourth-order valence-corrected chi connectivity index (χ4v) is 2.92. The maximum atomic E-state index is 13.9. The van der Waals surface area contributed by atoms with Crippen LogP contribution in [0.5, 0.6) is 11.5 Å². The molecule has 1 heterocycles. The van der Waals surface area contributed by atoms with Crippen LogP contribution >= 0.6 is 0 Å². The fraction of sp³-hybridized carbons (Fsp3) is 0.278. The topological polar surface area (TPSA) is 47.6 Å². The molecule has 0 radical (unpaired) electrons. The Hall–Kier alpha value is -2.84. The van der Waals surface area contributed by atoms with E-state index in [1.54, 1.807) is 23.5 Å². The zero-order chi connectivity index (χ0) is 19.8. The van der Waals surface area contributed by atoms with Gasteiger partial charge in [-0.1, -0.05) is 25.1 Å². The van der Waals surface area contributed by atoms with E-state index in [1.165, 1.54) is 19.1 Å². The molecule has 3 atom stereocenters. The van der Waals surface area contributed by atoms with Gasteiger partial charge in [0, 0.05) is 17.5 Å². The molecular weight excluding hydrogens is 373 g/mol. The van der Waals surface area contributed by atoms with E-state index in [2.05, 4.69) is 0 Å². The zero-order valence-electron chi connectivity index (χ0n) is 13.9. The molecule has 1 aliphatic rings. The van der Waals surface area contributed by atoms with E-state index in [-0.39, 0.29) is 11.3 Å². The van der Waals surface area contributed by atoms with E-state index in [0.29, 0.717) is 6.07 Å². The predicted molar refractivity (Wildman–Crippen MR) is 84.6 cm³/mol. The van der Waals surface area contributed by atoms with Crippen molar-refractivity contribution in [2.24, 2.45) is 0 Å². The van der Waals surface area contributed by atoms with Crippen molar-refractivity contribution in [2.75, 3.05) is 0 Å². The Labute approximate surface area is 150 Å². The van der Waals surface area contributed by atoms with E-state index in [9.17, 15) is 26.7 Å². The lowest BCUT2D eigenvalue weighted by Crippen LogP contribution is -2.55. The van der Waals surface area contributed by atoms with Gasteiger partial charge in [-0.2, -0.15) is 13.2 Å². The van der Waals surface area contributed by atoms with Gasteiger partial charge in [-0.15, -0.1) is 0 Å². The fourth-order valence-electron chi connectivity index (χ4n) is 2.92. The minimum Gasteiger partial charge on any atom is -0.484 e. The summed E-state index contributed by atoms with van der Waals surface area (Å²) in [5, 5.41) is 1.72. The molecule has 0 fully saturated rings. The Morgan fingerprint density at radius 2 is 1.85 bits per heavy atom. The highest BCUT2D eigenvalue weighted by Crippen LogP contribution is 2.43. The molecule has 1 amide bonds. The highest BCUT2D eigenvalue weighted by molar-refractivity contribution is 5.71. The first kappa shape index (κ1) is 18.9. The third-order valence-corrected chi connectivity index (χ3v) is 4.18. The minimum atomic E-state index is -4.91. The number of hydrogen-bond acceptors (Lipinski definition) is 3. The summed E-state index contributed by atoms with van der Waals surface area (Å²) in [5.74, 6) is -3.46. The maximum Gasteiger partial charge on any atom is 0.413 e. The van der Waals surface area contributed by atoms with Crippen molar-refractivity contribution in [1.82, 2.24) is 5.32 Å². The summed E-state index contributed by atoms with van der Waals surface area (Å²) in [6.07, 6.45) is -7.94. The van der Waals surface area contributed by atoms with Crippen molar-refractivity contribution in [1.29, 1.82) is 0 Å². The molecule has 0 aliphatic carbocycles. The number of fused-ring (bicyclic) bond motifs is 1. The Balaban J connectivity index is 1.82. The predicted octanol–water partition coefficient (Wildman–Crippen LogP) is 4.55. The molecule has 2 aromatic carbocycles. The molecule has 0 spiro atoms. The van der Waals surface area contributed by atoms with Gasteiger partial charge in [-0.25, -0.2) is 13.6 Å². The smallest absolute Gasteiger partial charge is 0.413 e. The first-order valence-electron chi connectivity index (χ1n) is 7.92. The molecule has 4 nitrogen and oxygen atoms in total. The van der Waals surface area contributed by atoms with E-state index < -0.39 is 47.7 Å². The van der Waals surface area contributed by atoms with Gasteiger partial charge in [0.2, 0.25) is 0 Å². The molecule has 2 aromatic rings. The van der Waals surface area contributed by atoms with Gasteiger partial charge >= 0.3 is 12.3 Å². The minimum absolute atomic E-state index is 0.0371. The lowest BCUT2D eigenvalue weighted by molar-refractivity contribution is -0.172. The first-order valence-corrected chi connectivity index (χ1v) is 7.92. The van der Waals surface area contributed by atoms with Crippen molar-refractivity contribution in [3.63, 3.8) is 0 Å². The number of para-hydroxylation sites is 1. The number of ether oxygens (including phenoxy) is 2. The monoisotopic (exact) mass is 387 g/mol. The number of halogens is 5. The normalized spacial score (nSPS) is 19.8. The molecule has 1 N–H and O–H groups in total. The highest BCUT2D eigenvalue weighted by atomic mass is 19.4. The number of alkyl halides is 3. The highest BCUT2D eigenvalue weighted by Gasteiger charge is 2.52. The van der Waals surface area contributed by atoms with Crippen LogP contribution in [-0.4, -0.2) is 24.4 Å². The second-order valence-corrected chi connectivity index (χ2v) is 6.04. The molecule has 144 valence electrons. The Kier molecular flexibility index (Phi) is 4.95. The van der Waals surface area contributed by atoms with Crippen LogP contribution in [0.25, 0.3) is 0 Å². The summed E-state index contributed by atoms with van der Waals surface area (Å²) >= 11 is 0. The van der Waals surface area contributed by atoms with Gasteiger partial charge in [-0.05, 0) is 18.2 Å². The first-order chi connectivity index (χ1) is 12.7. The summed E-state index contributed by atoms with van der Waals surface area (Å²) in [6.45, 7) is 1.33. The van der Waals surface area contributed by atoms with Crippen LogP contribution in [0.3, 0.4) is 0 Å². The molecule has 3 rings (SSSR count). The molecule has 0 bridgehead atoms. The van der Waals surface area contributed by atoms with Crippen molar-refractivity contribution in [3.8, 4) is 11.5 Å². The van der Waals surface area contributed by atoms with E-state index in [1.807, 2.05) is 0 Å². The molecular formula is C18H14F5NO3. The molecule has 0 saturated carbocycles. The molecule has 2 unspecified atom stereocenters. The van der Waals surface area contributed by atoms with E-state index in [0.717, 1.165) is 6.07 Å². The number of carbonyl (C=O) groups is 1. The maximum absolute atomic E-state index is 13.9. The number of hydrogen-bond donors (Lipinski definition) is 1. The zero-order valence-corrected chi connectivity index (χ0v) is 13.9. The summed E-state index contributed by atoms with van der Waals surface area (Å²) in [6, 6.07) is 6.46. The van der Waals surface area contributed by atoms with Gasteiger partial charge in [-0.3, -0.25) is 0 Å². The van der Waals surface area contributed by atoms with Crippen LogP contribution in [0.2, 0.25) is 0 Å².